The molecule has 0 fully saturated rings. The molecule has 0 heterocycles. The second-order valence-corrected chi connectivity index (χ2v) is 4.30. The first-order chi connectivity index (χ1) is 5.77. The second-order valence-electron chi connectivity index (χ2n) is 1.68. The number of hydrogen-bond acceptors (Lipinski definition) is 4. The lowest BCUT2D eigenvalue weighted by molar-refractivity contribution is 0.205. The molecule has 0 aromatic carbocycles. The Labute approximate surface area is 71.7 Å². The molecule has 9 heteroatoms. The summed E-state index contributed by atoms with van der Waals surface area (Å²) in [7, 11) is -4.80. The number of rotatable bonds is 0. The Bertz CT molecular complexity index is 231. The van der Waals surface area contributed by atoms with E-state index in [1.165, 1.54) is 0 Å². The van der Waals surface area contributed by atoms with Crippen LogP contribution in [-0.4, -0.2) is 41.6 Å². The van der Waals surface area contributed by atoms with Gasteiger partial charge in [-0.25, -0.2) is 19.2 Å². The van der Waals surface area contributed by atoms with Crippen LogP contribution in [0.5, 0.6) is 0 Å². The summed E-state index contributed by atoms with van der Waals surface area (Å²) in [4.78, 5) is 41.0. The summed E-state index contributed by atoms with van der Waals surface area (Å²) in [6.45, 7) is 0. The Morgan fingerprint density at radius 2 is 0.769 bits per heavy atom. The topological polar surface area (TPSA) is 149 Å². The molecule has 0 radical (unpaired) electrons. The van der Waals surface area contributed by atoms with Crippen LogP contribution in [0.2, 0.25) is 0 Å². The quantitative estimate of drug-likeness (QED) is 0.471. The molecule has 8 nitrogen and oxygen atoms in total. The van der Waals surface area contributed by atoms with Crippen molar-refractivity contribution in [3.63, 3.8) is 0 Å². The molecule has 13 heavy (non-hydrogen) atoms. The molecule has 0 atom stereocenters. The number of carboxylic acid groups (broad SMARTS) is 4. The van der Waals surface area contributed by atoms with E-state index in [9.17, 15) is 19.2 Å². The van der Waals surface area contributed by atoms with Gasteiger partial charge in [0.05, 0.1) is 0 Å². The summed E-state index contributed by atoms with van der Waals surface area (Å²) in [6.07, 6.45) is 0. The Kier molecular flexibility index (Phi) is 2.86. The monoisotopic (exact) mass is 212 g/mol. The van der Waals surface area contributed by atoms with E-state index >= 15 is 0 Å². The van der Waals surface area contributed by atoms with Gasteiger partial charge in [-0.2, -0.15) is 0 Å². The van der Waals surface area contributed by atoms with Crippen LogP contribution in [0.3, 0.4) is 0 Å². The third-order valence-corrected chi connectivity index (χ3v) is 3.14. The summed E-state index contributed by atoms with van der Waals surface area (Å²) >= 11 is 0. The van der Waals surface area contributed by atoms with Crippen molar-refractivity contribution in [1.82, 2.24) is 0 Å². The van der Waals surface area contributed by atoms with Crippen molar-refractivity contribution >= 4 is 31.2 Å². The molecule has 0 aliphatic heterocycles. The minimum atomic E-state index is -4.80. The zero-order chi connectivity index (χ0) is 10.8. The summed E-state index contributed by atoms with van der Waals surface area (Å²) in [5.74, 6) is 0. The summed E-state index contributed by atoms with van der Waals surface area (Å²) in [5.41, 5.74) is 0. The Balaban J connectivity index is 5.60. The summed E-state index contributed by atoms with van der Waals surface area (Å²) in [6, 6.07) is 0. The molecule has 4 N–H and O–H groups in total. The van der Waals surface area contributed by atoms with Gasteiger partial charge in [0.1, 0.15) is 0 Å². The molecular formula is C4H4O8S. The van der Waals surface area contributed by atoms with Crippen molar-refractivity contribution in [3.05, 3.63) is 0 Å². The average molecular weight is 212 g/mol. The van der Waals surface area contributed by atoms with Gasteiger partial charge in [-0.3, -0.25) is 0 Å². The molecule has 0 saturated heterocycles. The summed E-state index contributed by atoms with van der Waals surface area (Å²) in [5, 5.41) is 23.4. The smallest absolute Gasteiger partial charge is 0.377 e. The predicted molar refractivity (Wildman–Crippen MR) is 39.7 cm³/mol. The number of hydrogen-bond donors (Lipinski definition) is 4. The van der Waals surface area contributed by atoms with Crippen LogP contribution in [0.1, 0.15) is 0 Å². The first-order valence-corrected chi connectivity index (χ1v) is 4.16. The molecule has 74 valence electrons. The third kappa shape index (κ3) is 1.40. The van der Waals surface area contributed by atoms with E-state index in [4.69, 9.17) is 20.4 Å². The molecule has 0 saturated carbocycles. The minimum absolute atomic E-state index is 2.37. The van der Waals surface area contributed by atoms with Gasteiger partial charge in [-0.1, -0.05) is 0 Å². The van der Waals surface area contributed by atoms with E-state index in [0.717, 1.165) is 0 Å². The molecular weight excluding hydrogens is 208 g/mol. The fraction of sp³-hybridized carbons (Fsp3) is 0. The lowest BCUT2D eigenvalue weighted by Gasteiger charge is -2.18. The molecule has 0 bridgehead atoms. The van der Waals surface area contributed by atoms with Gasteiger partial charge in [0, 0.05) is 0 Å². The van der Waals surface area contributed by atoms with Gasteiger partial charge in [-0.15, -0.1) is 0 Å². The van der Waals surface area contributed by atoms with E-state index in [-0.39, 0.29) is 0 Å². The maximum Gasteiger partial charge on any atom is 0.377 e. The lowest BCUT2D eigenvalue weighted by atomic mass is 11.5. The standard InChI is InChI=1S/C4H4O8S/c5-1(6)13(2(7)8,3(9)10)4(11)12/h(H,5,6)(H,7,8)(H,9,10)(H,11,12). The van der Waals surface area contributed by atoms with Crippen molar-refractivity contribution in [1.29, 1.82) is 0 Å². The zero-order valence-electron chi connectivity index (χ0n) is 5.83. The van der Waals surface area contributed by atoms with Crippen molar-refractivity contribution in [2.24, 2.45) is 0 Å². The third-order valence-electron chi connectivity index (χ3n) is 1.05. The normalized spacial score (nSPS) is 11.7. The van der Waals surface area contributed by atoms with Crippen molar-refractivity contribution in [2.75, 3.05) is 0 Å². The fourth-order valence-corrected chi connectivity index (χ4v) is 1.34. The van der Waals surface area contributed by atoms with Gasteiger partial charge >= 0.3 is 21.2 Å². The molecule has 0 spiro atoms. The van der Waals surface area contributed by atoms with Crippen LogP contribution >= 0.6 is 10.0 Å². The maximum atomic E-state index is 10.2. The second kappa shape index (κ2) is 3.31. The van der Waals surface area contributed by atoms with Crippen LogP contribution < -0.4 is 0 Å². The molecule has 0 amide bonds. The molecule has 0 aromatic heterocycles. The van der Waals surface area contributed by atoms with Gasteiger partial charge in [0.2, 0.25) is 0 Å². The van der Waals surface area contributed by atoms with Crippen molar-refractivity contribution < 1.29 is 39.6 Å². The highest BCUT2D eigenvalue weighted by molar-refractivity contribution is 8.73. The molecule has 0 aliphatic rings. The van der Waals surface area contributed by atoms with Crippen LogP contribution in [0.25, 0.3) is 0 Å². The number of carbonyl (C=O) groups is 4. The average Bonchev–Trinajstić information content (AvgIpc) is 1.82. The molecule has 0 aliphatic carbocycles. The van der Waals surface area contributed by atoms with Crippen LogP contribution in [0.4, 0.5) is 19.2 Å². The largest absolute Gasteiger partial charge is 0.473 e. The first-order valence-electron chi connectivity index (χ1n) is 2.53. The van der Waals surface area contributed by atoms with Crippen molar-refractivity contribution in [3.8, 4) is 0 Å². The zero-order valence-corrected chi connectivity index (χ0v) is 6.65. The van der Waals surface area contributed by atoms with E-state index in [1.807, 2.05) is 0 Å². The van der Waals surface area contributed by atoms with Crippen LogP contribution in [-0.2, 0) is 0 Å². The molecule has 0 aromatic rings. The SMILES string of the molecule is O=C(O)S(C(=O)O)(C(=O)O)C(=O)O. The highest BCUT2D eigenvalue weighted by atomic mass is 32.3. The fourth-order valence-electron chi connectivity index (χ4n) is 0.448. The molecule has 0 rings (SSSR count). The van der Waals surface area contributed by atoms with E-state index < -0.39 is 31.2 Å². The molecule has 0 unspecified atom stereocenters. The first kappa shape index (κ1) is 11.2. The predicted octanol–water partition coefficient (Wildman–Crippen LogP) is 1.50. The van der Waals surface area contributed by atoms with E-state index in [2.05, 4.69) is 0 Å². The van der Waals surface area contributed by atoms with Crippen LogP contribution in [0.15, 0.2) is 0 Å². The van der Waals surface area contributed by atoms with Gasteiger partial charge in [-0.05, 0) is 0 Å². The highest BCUT2D eigenvalue weighted by Crippen LogP contribution is 2.50. The van der Waals surface area contributed by atoms with Gasteiger partial charge in [0.25, 0.3) is 0 Å². The minimum Gasteiger partial charge on any atom is -0.473 e. The van der Waals surface area contributed by atoms with E-state index in [0.29, 0.717) is 0 Å². The Morgan fingerprint density at radius 3 is 0.769 bits per heavy atom. The highest BCUT2D eigenvalue weighted by Gasteiger charge is 2.56. The van der Waals surface area contributed by atoms with Gasteiger partial charge in [0.15, 0.2) is 10.0 Å². The van der Waals surface area contributed by atoms with Crippen LogP contribution in [0, 0.1) is 0 Å². The van der Waals surface area contributed by atoms with Crippen molar-refractivity contribution in [2.45, 2.75) is 0 Å². The summed E-state index contributed by atoms with van der Waals surface area (Å²) < 4.78 is 0. The Morgan fingerprint density at radius 1 is 0.615 bits per heavy atom. The maximum absolute atomic E-state index is 10.2. The lowest BCUT2D eigenvalue weighted by Crippen LogP contribution is -2.31. The van der Waals surface area contributed by atoms with Gasteiger partial charge < -0.3 is 20.4 Å². The Hall–Kier alpha value is -1.77. The van der Waals surface area contributed by atoms with E-state index in [1.54, 1.807) is 0 Å².